The highest BCUT2D eigenvalue weighted by molar-refractivity contribution is 5.83. The number of aliphatic hydroxyl groups excluding tert-OH is 1. The van der Waals surface area contributed by atoms with Crippen molar-refractivity contribution < 1.29 is 19.8 Å². The number of aliphatic hydroxyl groups is 1. The van der Waals surface area contributed by atoms with Crippen LogP contribution in [0.25, 0.3) is 0 Å². The lowest BCUT2D eigenvalue weighted by molar-refractivity contribution is -0.138. The molecule has 2 aromatic carbocycles. The molecule has 2 unspecified atom stereocenters. The first-order chi connectivity index (χ1) is 14.3. The van der Waals surface area contributed by atoms with E-state index in [9.17, 15) is 14.7 Å². The van der Waals surface area contributed by atoms with Crippen molar-refractivity contribution in [2.45, 2.75) is 57.6 Å². The van der Waals surface area contributed by atoms with E-state index in [1.807, 2.05) is 68.6 Å². The largest absolute Gasteiger partial charge is 0.481 e. The van der Waals surface area contributed by atoms with Gasteiger partial charge in [0.2, 0.25) is 0 Å². The van der Waals surface area contributed by atoms with Crippen molar-refractivity contribution in [3.05, 3.63) is 71.3 Å². The van der Waals surface area contributed by atoms with E-state index in [0.29, 0.717) is 5.78 Å². The predicted octanol–water partition coefficient (Wildman–Crippen LogP) is 4.11. The fourth-order valence-corrected chi connectivity index (χ4v) is 3.57. The Labute approximate surface area is 179 Å². The molecule has 3 rings (SSSR count). The van der Waals surface area contributed by atoms with Gasteiger partial charge in [-0.15, -0.1) is 0 Å². The molecule has 0 amide bonds. The molecule has 0 bridgehead atoms. The Bertz CT molecular complexity index is 804. The third-order valence-corrected chi connectivity index (χ3v) is 5.83. The minimum Gasteiger partial charge on any atom is -0.481 e. The Morgan fingerprint density at radius 1 is 1.07 bits per heavy atom. The van der Waals surface area contributed by atoms with Crippen LogP contribution < -0.4 is 5.32 Å². The second kappa shape index (κ2) is 11.6. The minimum absolute atomic E-state index is 0.0902. The normalized spacial score (nSPS) is 18.8. The molecule has 1 fully saturated rings. The van der Waals surface area contributed by atoms with Gasteiger partial charge in [-0.2, -0.15) is 0 Å². The van der Waals surface area contributed by atoms with Gasteiger partial charge in [0, 0.05) is 18.4 Å². The summed E-state index contributed by atoms with van der Waals surface area (Å²) in [5, 5.41) is 21.7. The Balaban J connectivity index is 0.000000232. The van der Waals surface area contributed by atoms with Gasteiger partial charge < -0.3 is 15.5 Å². The number of ketones is 1. The quantitative estimate of drug-likeness (QED) is 0.638. The Kier molecular flexibility index (Phi) is 9.21. The van der Waals surface area contributed by atoms with Crippen LogP contribution in [-0.2, 0) is 16.0 Å². The molecule has 162 valence electrons. The van der Waals surface area contributed by atoms with Gasteiger partial charge in [0.25, 0.3) is 0 Å². The number of hydrogen-bond donors (Lipinski definition) is 3. The first kappa shape index (κ1) is 23.8. The van der Waals surface area contributed by atoms with Crippen molar-refractivity contribution >= 4 is 11.8 Å². The lowest BCUT2D eigenvalue weighted by Crippen LogP contribution is -2.28. The Hall–Kier alpha value is -2.50. The second-order valence-corrected chi connectivity index (χ2v) is 7.99. The van der Waals surface area contributed by atoms with Gasteiger partial charge in [0.15, 0.2) is 0 Å². The Morgan fingerprint density at radius 3 is 2.20 bits per heavy atom. The molecule has 1 aliphatic rings. The molecule has 1 saturated carbocycles. The summed E-state index contributed by atoms with van der Waals surface area (Å²) in [6, 6.07) is 17.4. The number of aliphatic carboxylic acids is 1. The molecule has 3 N–H and O–H groups in total. The number of carboxylic acid groups (broad SMARTS) is 1. The van der Waals surface area contributed by atoms with Crippen molar-refractivity contribution in [1.29, 1.82) is 0 Å². The second-order valence-electron chi connectivity index (χ2n) is 7.99. The highest BCUT2D eigenvalue weighted by Crippen LogP contribution is 2.26. The summed E-state index contributed by atoms with van der Waals surface area (Å²) in [6.45, 7) is 3.63. The van der Waals surface area contributed by atoms with Gasteiger partial charge in [-0.25, -0.2) is 0 Å². The lowest BCUT2D eigenvalue weighted by Gasteiger charge is -2.17. The van der Waals surface area contributed by atoms with E-state index in [1.165, 1.54) is 0 Å². The molecule has 5 heteroatoms. The third-order valence-electron chi connectivity index (χ3n) is 5.83. The standard InChI is InChI=1S/C15H18O3.C10H15NO/c1-10(15(17)18)12-7-5-11(6-8-12)9-13-3-2-4-14(13)16;1-8(11-2)10(12)9-6-4-3-5-7-9/h5-8,10,13H,2-4,9H2,1H3,(H,17,18);3-8,10-12H,1-2H3/t;8-,10-/m.0/s1. The summed E-state index contributed by atoms with van der Waals surface area (Å²) in [5.41, 5.74) is 2.89. The van der Waals surface area contributed by atoms with Crippen LogP contribution in [0.5, 0.6) is 0 Å². The zero-order chi connectivity index (χ0) is 22.1. The van der Waals surface area contributed by atoms with Gasteiger partial charge in [0.1, 0.15) is 5.78 Å². The molecule has 4 atom stereocenters. The summed E-state index contributed by atoms with van der Waals surface area (Å²) in [6.07, 6.45) is 3.10. The highest BCUT2D eigenvalue weighted by atomic mass is 16.4. The molecule has 2 aromatic rings. The van der Waals surface area contributed by atoms with Crippen molar-refractivity contribution in [1.82, 2.24) is 5.32 Å². The zero-order valence-corrected chi connectivity index (χ0v) is 18.0. The van der Waals surface area contributed by atoms with E-state index in [-0.39, 0.29) is 12.0 Å². The smallest absolute Gasteiger partial charge is 0.310 e. The fourth-order valence-electron chi connectivity index (χ4n) is 3.57. The number of nitrogens with one attached hydrogen (secondary N) is 1. The average molecular weight is 412 g/mol. The maximum Gasteiger partial charge on any atom is 0.310 e. The van der Waals surface area contributed by atoms with Gasteiger partial charge in [-0.1, -0.05) is 54.6 Å². The maximum absolute atomic E-state index is 11.6. The van der Waals surface area contributed by atoms with E-state index >= 15 is 0 Å². The van der Waals surface area contributed by atoms with E-state index in [1.54, 1.807) is 6.92 Å². The van der Waals surface area contributed by atoms with Gasteiger partial charge >= 0.3 is 5.97 Å². The molecule has 30 heavy (non-hydrogen) atoms. The topological polar surface area (TPSA) is 86.6 Å². The predicted molar refractivity (Wildman–Crippen MR) is 118 cm³/mol. The van der Waals surface area contributed by atoms with Crippen LogP contribution in [0.3, 0.4) is 0 Å². The molecule has 0 aliphatic heterocycles. The summed E-state index contributed by atoms with van der Waals surface area (Å²) >= 11 is 0. The van der Waals surface area contributed by atoms with Crippen LogP contribution in [0.1, 0.15) is 61.8 Å². The van der Waals surface area contributed by atoms with Crippen LogP contribution in [0.4, 0.5) is 0 Å². The van der Waals surface area contributed by atoms with E-state index in [0.717, 1.165) is 42.4 Å². The van der Waals surface area contributed by atoms with Gasteiger partial charge in [-0.3, -0.25) is 9.59 Å². The molecule has 0 radical (unpaired) electrons. The van der Waals surface area contributed by atoms with Crippen LogP contribution in [0.15, 0.2) is 54.6 Å². The molecule has 0 aromatic heterocycles. The molecule has 0 heterocycles. The Morgan fingerprint density at radius 2 is 1.70 bits per heavy atom. The van der Waals surface area contributed by atoms with Crippen LogP contribution in [-0.4, -0.2) is 35.1 Å². The van der Waals surface area contributed by atoms with Crippen molar-refractivity contribution in [2.75, 3.05) is 7.05 Å². The molecule has 0 saturated heterocycles. The number of hydrogen-bond acceptors (Lipinski definition) is 4. The summed E-state index contributed by atoms with van der Waals surface area (Å²) in [7, 11) is 1.84. The lowest BCUT2D eigenvalue weighted by atomic mass is 9.94. The van der Waals surface area contributed by atoms with Gasteiger partial charge in [0.05, 0.1) is 12.0 Å². The van der Waals surface area contributed by atoms with Crippen LogP contribution in [0, 0.1) is 5.92 Å². The van der Waals surface area contributed by atoms with Crippen molar-refractivity contribution in [3.63, 3.8) is 0 Å². The third kappa shape index (κ3) is 6.78. The average Bonchev–Trinajstić information content (AvgIpc) is 3.18. The van der Waals surface area contributed by atoms with E-state index in [4.69, 9.17) is 5.11 Å². The number of likely N-dealkylation sites (N-methyl/N-ethyl adjacent to an activating group) is 1. The van der Waals surface area contributed by atoms with Gasteiger partial charge in [-0.05, 0) is 56.8 Å². The first-order valence-corrected chi connectivity index (χ1v) is 10.6. The summed E-state index contributed by atoms with van der Waals surface area (Å²) in [4.78, 5) is 22.4. The monoisotopic (exact) mass is 411 g/mol. The maximum atomic E-state index is 11.6. The van der Waals surface area contributed by atoms with Crippen molar-refractivity contribution in [2.24, 2.45) is 5.92 Å². The van der Waals surface area contributed by atoms with Crippen LogP contribution in [0.2, 0.25) is 0 Å². The minimum atomic E-state index is -0.811. The number of carbonyl (C=O) groups is 2. The molecular formula is C25H33NO4. The van der Waals surface area contributed by atoms with E-state index in [2.05, 4.69) is 5.32 Å². The summed E-state index contributed by atoms with van der Waals surface area (Å²) in [5.74, 6) is -0.744. The fraction of sp³-hybridized carbons (Fsp3) is 0.440. The van der Waals surface area contributed by atoms with E-state index < -0.39 is 18.0 Å². The molecule has 1 aliphatic carbocycles. The number of carboxylic acids is 1. The van der Waals surface area contributed by atoms with Crippen molar-refractivity contribution in [3.8, 4) is 0 Å². The number of carbonyl (C=O) groups excluding carboxylic acids is 1. The molecular weight excluding hydrogens is 378 g/mol. The zero-order valence-electron chi connectivity index (χ0n) is 18.0. The number of rotatable bonds is 7. The van der Waals surface area contributed by atoms with Crippen LogP contribution >= 0.6 is 0 Å². The summed E-state index contributed by atoms with van der Waals surface area (Å²) < 4.78 is 0. The molecule has 5 nitrogen and oxygen atoms in total. The SMILES string of the molecule is CC(C(=O)O)c1ccc(CC2CCCC2=O)cc1.CN[C@@H](C)[C@H](O)c1ccccc1. The first-order valence-electron chi connectivity index (χ1n) is 10.6. The number of benzene rings is 2. The molecule has 0 spiro atoms. The highest BCUT2D eigenvalue weighted by Gasteiger charge is 2.24. The number of Topliss-reactive ketones (excluding diaryl/α,β-unsaturated/α-hetero) is 1.